The molecule has 24 heavy (non-hydrogen) atoms. The van der Waals surface area contributed by atoms with Gasteiger partial charge in [-0.2, -0.15) is 5.26 Å². The Morgan fingerprint density at radius 1 is 1.42 bits per heavy atom. The predicted octanol–water partition coefficient (Wildman–Crippen LogP) is 2.06. The van der Waals surface area contributed by atoms with Gasteiger partial charge in [-0.15, -0.1) is 0 Å². The van der Waals surface area contributed by atoms with Crippen molar-refractivity contribution in [3.8, 4) is 6.07 Å². The van der Waals surface area contributed by atoms with E-state index in [4.69, 9.17) is 5.26 Å². The number of rotatable bonds is 3. The summed E-state index contributed by atoms with van der Waals surface area (Å²) < 4.78 is 2.04. The summed E-state index contributed by atoms with van der Waals surface area (Å²) in [5.41, 5.74) is 2.66. The minimum absolute atomic E-state index is 0.0754. The minimum Gasteiger partial charge on any atom is -0.388 e. The van der Waals surface area contributed by atoms with E-state index in [9.17, 15) is 5.11 Å². The van der Waals surface area contributed by atoms with Gasteiger partial charge in [0.1, 0.15) is 23.3 Å². The SMILES string of the molecule is CC1(CC#N)CCN(n2c(CO)nc3cnc4[nH]ccc4c32)CC1. The van der Waals surface area contributed by atoms with Gasteiger partial charge in [0.15, 0.2) is 5.82 Å². The van der Waals surface area contributed by atoms with Crippen molar-refractivity contribution in [2.24, 2.45) is 5.41 Å². The van der Waals surface area contributed by atoms with Crippen LogP contribution in [0.1, 0.15) is 32.0 Å². The number of hydrogen-bond donors (Lipinski definition) is 2. The number of aromatic amines is 1. The number of H-pyrrole nitrogens is 1. The zero-order valence-electron chi connectivity index (χ0n) is 13.7. The van der Waals surface area contributed by atoms with Gasteiger partial charge in [0.2, 0.25) is 0 Å². The first-order chi connectivity index (χ1) is 11.6. The third-order valence-corrected chi connectivity index (χ3v) is 5.12. The molecule has 1 aliphatic heterocycles. The summed E-state index contributed by atoms with van der Waals surface area (Å²) in [5.74, 6) is 0.629. The molecule has 0 aromatic carbocycles. The molecular formula is C17H20N6O. The number of nitrogens with zero attached hydrogens (tertiary/aromatic N) is 5. The van der Waals surface area contributed by atoms with Gasteiger partial charge >= 0.3 is 0 Å². The van der Waals surface area contributed by atoms with E-state index < -0.39 is 0 Å². The monoisotopic (exact) mass is 324 g/mol. The maximum Gasteiger partial charge on any atom is 0.154 e. The van der Waals surface area contributed by atoms with Crippen molar-refractivity contribution in [2.45, 2.75) is 32.8 Å². The standard InChI is InChI=1S/C17H20N6O/c1-17(3-6-18)4-8-22(9-5-17)23-14(11-24)21-13-10-20-16-12(15(13)23)2-7-19-16/h2,7,10,24H,3-5,8-9,11H2,1H3,(H,19,20). The number of nitrogens with one attached hydrogen (secondary N) is 1. The van der Waals surface area contributed by atoms with Crippen molar-refractivity contribution >= 4 is 22.1 Å². The topological polar surface area (TPSA) is 93.8 Å². The van der Waals surface area contributed by atoms with Gasteiger partial charge in [-0.3, -0.25) is 0 Å². The Morgan fingerprint density at radius 2 is 2.21 bits per heavy atom. The number of piperidine rings is 1. The molecule has 4 rings (SSSR count). The molecule has 124 valence electrons. The first-order valence-corrected chi connectivity index (χ1v) is 8.22. The third kappa shape index (κ3) is 2.22. The summed E-state index contributed by atoms with van der Waals surface area (Å²) in [5, 5.41) is 22.0. The molecule has 0 amide bonds. The van der Waals surface area contributed by atoms with E-state index in [1.54, 1.807) is 6.20 Å². The molecular weight excluding hydrogens is 304 g/mol. The van der Waals surface area contributed by atoms with Crippen molar-refractivity contribution in [3.05, 3.63) is 24.3 Å². The summed E-state index contributed by atoms with van der Waals surface area (Å²) in [4.78, 5) is 12.1. The van der Waals surface area contributed by atoms with Crippen molar-refractivity contribution in [1.29, 1.82) is 5.26 Å². The normalized spacial score (nSPS) is 17.5. The van der Waals surface area contributed by atoms with E-state index in [1.807, 2.05) is 16.9 Å². The third-order valence-electron chi connectivity index (χ3n) is 5.12. The second kappa shape index (κ2) is 5.49. The average molecular weight is 324 g/mol. The molecule has 0 unspecified atom stereocenters. The zero-order chi connectivity index (χ0) is 16.7. The molecule has 1 fully saturated rings. The number of aromatic nitrogens is 4. The fourth-order valence-electron chi connectivity index (χ4n) is 3.61. The van der Waals surface area contributed by atoms with E-state index in [0.717, 1.165) is 48.0 Å². The van der Waals surface area contributed by atoms with Crippen LogP contribution in [0.3, 0.4) is 0 Å². The molecule has 0 bridgehead atoms. The maximum atomic E-state index is 9.78. The first kappa shape index (κ1) is 15.0. The number of imidazole rings is 1. The van der Waals surface area contributed by atoms with Crippen LogP contribution in [-0.2, 0) is 6.61 Å². The maximum absolute atomic E-state index is 9.78. The fraction of sp³-hybridized carbons (Fsp3) is 0.471. The van der Waals surface area contributed by atoms with Crippen LogP contribution in [-0.4, -0.2) is 37.8 Å². The van der Waals surface area contributed by atoms with Crippen molar-refractivity contribution in [3.63, 3.8) is 0 Å². The predicted molar refractivity (Wildman–Crippen MR) is 90.8 cm³/mol. The van der Waals surface area contributed by atoms with Crippen LogP contribution in [0.2, 0.25) is 0 Å². The molecule has 4 heterocycles. The minimum atomic E-state index is -0.118. The molecule has 3 aromatic rings. The second-order valence-electron chi connectivity index (χ2n) is 6.83. The van der Waals surface area contributed by atoms with Crippen LogP contribution in [0.25, 0.3) is 22.1 Å². The highest BCUT2D eigenvalue weighted by Crippen LogP contribution is 2.34. The Bertz CT molecular complexity index is 926. The number of fused-ring (bicyclic) bond motifs is 3. The summed E-state index contributed by atoms with van der Waals surface area (Å²) >= 11 is 0. The Hall–Kier alpha value is -2.59. The summed E-state index contributed by atoms with van der Waals surface area (Å²) in [6.07, 6.45) is 6.10. The van der Waals surface area contributed by atoms with Crippen LogP contribution in [0.5, 0.6) is 0 Å². The molecule has 0 saturated carbocycles. The van der Waals surface area contributed by atoms with E-state index in [2.05, 4.69) is 33.0 Å². The average Bonchev–Trinajstić information content (AvgIpc) is 3.18. The molecule has 7 nitrogen and oxygen atoms in total. The van der Waals surface area contributed by atoms with Gasteiger partial charge in [-0.05, 0) is 24.3 Å². The molecule has 0 aliphatic carbocycles. The Kier molecular flexibility index (Phi) is 3.43. The van der Waals surface area contributed by atoms with E-state index in [0.29, 0.717) is 12.2 Å². The van der Waals surface area contributed by atoms with Crippen molar-refractivity contribution < 1.29 is 5.11 Å². The number of pyridine rings is 1. The van der Waals surface area contributed by atoms with E-state index >= 15 is 0 Å². The summed E-state index contributed by atoms with van der Waals surface area (Å²) in [6.45, 7) is 3.74. The van der Waals surface area contributed by atoms with Gasteiger partial charge in [0.05, 0.1) is 12.3 Å². The van der Waals surface area contributed by atoms with Crippen LogP contribution < -0.4 is 5.01 Å². The van der Waals surface area contributed by atoms with Crippen molar-refractivity contribution in [2.75, 3.05) is 18.1 Å². The number of nitriles is 1. The molecule has 1 saturated heterocycles. The smallest absolute Gasteiger partial charge is 0.154 e. The molecule has 2 N–H and O–H groups in total. The van der Waals surface area contributed by atoms with Gasteiger partial charge in [0.25, 0.3) is 0 Å². The zero-order valence-corrected chi connectivity index (χ0v) is 13.7. The number of aliphatic hydroxyl groups is 1. The lowest BCUT2D eigenvalue weighted by molar-refractivity contribution is 0.225. The van der Waals surface area contributed by atoms with Gasteiger partial charge in [-0.25, -0.2) is 14.6 Å². The van der Waals surface area contributed by atoms with Gasteiger partial charge in [-0.1, -0.05) is 6.92 Å². The second-order valence-corrected chi connectivity index (χ2v) is 6.83. The fourth-order valence-corrected chi connectivity index (χ4v) is 3.61. The lowest BCUT2D eigenvalue weighted by atomic mass is 9.78. The van der Waals surface area contributed by atoms with Crippen LogP contribution in [0.4, 0.5) is 0 Å². The lowest BCUT2D eigenvalue weighted by Crippen LogP contribution is -2.45. The Morgan fingerprint density at radius 3 is 2.92 bits per heavy atom. The number of hydrogen-bond acceptors (Lipinski definition) is 5. The van der Waals surface area contributed by atoms with Crippen LogP contribution >= 0.6 is 0 Å². The van der Waals surface area contributed by atoms with Gasteiger partial charge < -0.3 is 15.1 Å². The highest BCUT2D eigenvalue weighted by Gasteiger charge is 2.31. The molecule has 0 radical (unpaired) electrons. The number of aliphatic hydroxyl groups excluding tert-OH is 1. The Labute approximate surface area is 139 Å². The van der Waals surface area contributed by atoms with E-state index in [1.165, 1.54) is 0 Å². The Balaban J connectivity index is 1.79. The lowest BCUT2D eigenvalue weighted by Gasteiger charge is -2.40. The summed E-state index contributed by atoms with van der Waals surface area (Å²) in [6, 6.07) is 4.30. The molecule has 3 aromatic heterocycles. The highest BCUT2D eigenvalue weighted by molar-refractivity contribution is 6.01. The largest absolute Gasteiger partial charge is 0.388 e. The quantitative estimate of drug-likeness (QED) is 0.769. The molecule has 0 spiro atoms. The first-order valence-electron chi connectivity index (χ1n) is 8.22. The van der Waals surface area contributed by atoms with E-state index in [-0.39, 0.29) is 12.0 Å². The molecule has 1 aliphatic rings. The molecule has 7 heteroatoms. The van der Waals surface area contributed by atoms with Crippen molar-refractivity contribution in [1.82, 2.24) is 19.6 Å². The summed E-state index contributed by atoms with van der Waals surface area (Å²) in [7, 11) is 0. The van der Waals surface area contributed by atoms with Crippen LogP contribution in [0.15, 0.2) is 18.5 Å². The van der Waals surface area contributed by atoms with Crippen LogP contribution in [0, 0.1) is 16.7 Å². The van der Waals surface area contributed by atoms with Gasteiger partial charge in [0, 0.05) is 31.1 Å². The highest BCUT2D eigenvalue weighted by atomic mass is 16.3. The molecule has 0 atom stereocenters.